The molecule has 0 radical (unpaired) electrons. The Hall–Kier alpha value is -3.15. The van der Waals surface area contributed by atoms with Gasteiger partial charge in [-0.3, -0.25) is 4.79 Å². The molecule has 0 fully saturated rings. The van der Waals surface area contributed by atoms with Crippen LogP contribution in [0.1, 0.15) is 11.1 Å². The number of ether oxygens (including phenoxy) is 1. The van der Waals surface area contributed by atoms with Crippen molar-refractivity contribution in [2.75, 3.05) is 7.11 Å². The second-order valence-corrected chi connectivity index (χ2v) is 5.98. The summed E-state index contributed by atoms with van der Waals surface area (Å²) in [6, 6.07) is 12.9. The van der Waals surface area contributed by atoms with Crippen LogP contribution in [0.25, 0.3) is 10.9 Å². The first kappa shape index (κ1) is 17.7. The number of halogens is 1. The van der Waals surface area contributed by atoms with Crippen LogP contribution >= 0.6 is 0 Å². The smallest absolute Gasteiger partial charge is 0.328 e. The van der Waals surface area contributed by atoms with Crippen LogP contribution in [0.5, 0.6) is 0 Å². The number of carbonyl (C=O) groups excluding carboxylic acids is 2. The number of esters is 1. The molecule has 5 nitrogen and oxygen atoms in total. The summed E-state index contributed by atoms with van der Waals surface area (Å²) in [5, 5.41) is 3.63. The molecule has 2 aromatic carbocycles. The molecule has 2 N–H and O–H groups in total. The van der Waals surface area contributed by atoms with Crippen LogP contribution in [0.15, 0.2) is 54.7 Å². The molecule has 0 spiro atoms. The summed E-state index contributed by atoms with van der Waals surface area (Å²) in [7, 11) is 1.27. The highest BCUT2D eigenvalue weighted by molar-refractivity contribution is 5.88. The van der Waals surface area contributed by atoms with Crippen molar-refractivity contribution in [3.05, 3.63) is 71.7 Å². The lowest BCUT2D eigenvalue weighted by Crippen LogP contribution is -2.43. The Kier molecular flexibility index (Phi) is 5.31. The Morgan fingerprint density at radius 1 is 1.12 bits per heavy atom. The molecule has 1 amide bonds. The number of rotatable bonds is 6. The molecule has 0 aliphatic heterocycles. The number of benzene rings is 2. The third-order valence-electron chi connectivity index (χ3n) is 4.23. The van der Waals surface area contributed by atoms with Gasteiger partial charge in [0.15, 0.2) is 0 Å². The summed E-state index contributed by atoms with van der Waals surface area (Å²) >= 11 is 0. The minimum absolute atomic E-state index is 0.145. The van der Waals surface area contributed by atoms with Crippen LogP contribution in [0.3, 0.4) is 0 Å². The average Bonchev–Trinajstić information content (AvgIpc) is 3.05. The fourth-order valence-corrected chi connectivity index (χ4v) is 2.92. The van der Waals surface area contributed by atoms with E-state index in [0.29, 0.717) is 0 Å². The number of carbonyl (C=O) groups is 2. The Morgan fingerprint density at radius 2 is 1.85 bits per heavy atom. The predicted molar refractivity (Wildman–Crippen MR) is 96.1 cm³/mol. The number of aromatic nitrogens is 1. The van der Waals surface area contributed by atoms with Crippen LogP contribution in [0.2, 0.25) is 0 Å². The van der Waals surface area contributed by atoms with Crippen molar-refractivity contribution in [2.45, 2.75) is 18.9 Å². The summed E-state index contributed by atoms with van der Waals surface area (Å²) in [5.74, 6) is -1.43. The van der Waals surface area contributed by atoms with Gasteiger partial charge in [0.25, 0.3) is 0 Å². The van der Waals surface area contributed by atoms with E-state index in [0.717, 1.165) is 16.5 Å². The van der Waals surface area contributed by atoms with Gasteiger partial charge in [0.2, 0.25) is 5.91 Å². The van der Waals surface area contributed by atoms with E-state index in [4.69, 9.17) is 4.74 Å². The normalized spacial score (nSPS) is 11.9. The number of methoxy groups -OCH3 is 1. The molecule has 0 bridgehead atoms. The lowest BCUT2D eigenvalue weighted by molar-refractivity contribution is -0.145. The Balaban J connectivity index is 1.75. The van der Waals surface area contributed by atoms with Gasteiger partial charge in [-0.25, -0.2) is 9.18 Å². The van der Waals surface area contributed by atoms with Crippen LogP contribution in [0, 0.1) is 5.82 Å². The molecule has 3 rings (SSSR count). The van der Waals surface area contributed by atoms with Crippen molar-refractivity contribution in [3.8, 4) is 0 Å². The topological polar surface area (TPSA) is 71.2 Å². The Labute approximate surface area is 150 Å². The third-order valence-corrected chi connectivity index (χ3v) is 4.23. The van der Waals surface area contributed by atoms with E-state index in [9.17, 15) is 14.0 Å². The number of hydrogen-bond acceptors (Lipinski definition) is 3. The lowest BCUT2D eigenvalue weighted by Gasteiger charge is -2.16. The van der Waals surface area contributed by atoms with Gasteiger partial charge in [0.1, 0.15) is 11.9 Å². The first-order valence-corrected chi connectivity index (χ1v) is 8.24. The van der Waals surface area contributed by atoms with Gasteiger partial charge in [0, 0.05) is 23.5 Å². The maximum absolute atomic E-state index is 13.7. The molecule has 26 heavy (non-hydrogen) atoms. The van der Waals surface area contributed by atoms with Crippen molar-refractivity contribution >= 4 is 22.8 Å². The number of H-pyrrole nitrogens is 1. The molecule has 1 aromatic heterocycles. The summed E-state index contributed by atoms with van der Waals surface area (Å²) in [6.07, 6.45) is 1.94. The van der Waals surface area contributed by atoms with Crippen molar-refractivity contribution in [3.63, 3.8) is 0 Å². The quantitative estimate of drug-likeness (QED) is 0.669. The fourth-order valence-electron chi connectivity index (χ4n) is 2.92. The van der Waals surface area contributed by atoms with Gasteiger partial charge >= 0.3 is 5.97 Å². The maximum Gasteiger partial charge on any atom is 0.328 e. The minimum atomic E-state index is -0.849. The number of amides is 1. The molecule has 1 atom stereocenters. The van der Waals surface area contributed by atoms with Crippen molar-refractivity contribution in [1.82, 2.24) is 10.3 Å². The average molecular weight is 354 g/mol. The van der Waals surface area contributed by atoms with E-state index in [1.165, 1.54) is 13.2 Å². The van der Waals surface area contributed by atoms with Gasteiger partial charge < -0.3 is 15.0 Å². The molecule has 0 saturated carbocycles. The van der Waals surface area contributed by atoms with E-state index in [-0.39, 0.29) is 18.4 Å². The van der Waals surface area contributed by atoms with E-state index in [1.54, 1.807) is 18.2 Å². The number of nitrogens with one attached hydrogen (secondary N) is 2. The molecule has 6 heteroatoms. The van der Waals surface area contributed by atoms with Gasteiger partial charge in [-0.2, -0.15) is 0 Å². The van der Waals surface area contributed by atoms with E-state index < -0.39 is 23.7 Å². The summed E-state index contributed by atoms with van der Waals surface area (Å²) in [4.78, 5) is 27.5. The molecule has 134 valence electrons. The van der Waals surface area contributed by atoms with E-state index >= 15 is 0 Å². The zero-order valence-electron chi connectivity index (χ0n) is 14.3. The summed E-state index contributed by atoms with van der Waals surface area (Å²) in [6.45, 7) is 0. The lowest BCUT2D eigenvalue weighted by atomic mass is 10.0. The largest absolute Gasteiger partial charge is 0.467 e. The van der Waals surface area contributed by atoms with Crippen LogP contribution in [-0.2, 0) is 27.2 Å². The van der Waals surface area contributed by atoms with Gasteiger partial charge in [-0.15, -0.1) is 0 Å². The van der Waals surface area contributed by atoms with Crippen molar-refractivity contribution in [2.24, 2.45) is 0 Å². The van der Waals surface area contributed by atoms with Gasteiger partial charge in [-0.05, 0) is 23.3 Å². The standard InChI is InChI=1S/C20H19FN2O3/c1-26-20(25)18(10-14-12-22-17-9-5-3-7-15(14)17)23-19(24)11-13-6-2-4-8-16(13)21/h2-9,12,18,22H,10-11H2,1H3,(H,23,24)/t18-/m1/s1. The van der Waals surface area contributed by atoms with Crippen molar-refractivity contribution in [1.29, 1.82) is 0 Å². The number of para-hydroxylation sites is 1. The van der Waals surface area contributed by atoms with Gasteiger partial charge in [0.05, 0.1) is 13.5 Å². The predicted octanol–water partition coefficient (Wildman–Crippen LogP) is 2.75. The monoisotopic (exact) mass is 354 g/mol. The highest BCUT2D eigenvalue weighted by Gasteiger charge is 2.23. The van der Waals surface area contributed by atoms with E-state index in [2.05, 4.69) is 10.3 Å². The molecule has 0 aliphatic rings. The third kappa shape index (κ3) is 3.91. The van der Waals surface area contributed by atoms with Crippen LogP contribution in [0.4, 0.5) is 4.39 Å². The number of hydrogen-bond donors (Lipinski definition) is 2. The molecule has 3 aromatic rings. The maximum atomic E-state index is 13.7. The molecule has 0 unspecified atom stereocenters. The second-order valence-electron chi connectivity index (χ2n) is 5.98. The molecular formula is C20H19FN2O3. The molecule has 1 heterocycles. The Bertz CT molecular complexity index is 935. The Morgan fingerprint density at radius 3 is 2.62 bits per heavy atom. The SMILES string of the molecule is COC(=O)[C@@H](Cc1c[nH]c2ccccc12)NC(=O)Cc1ccccc1F. The summed E-state index contributed by atoms with van der Waals surface area (Å²) in [5.41, 5.74) is 2.12. The minimum Gasteiger partial charge on any atom is -0.467 e. The molecular weight excluding hydrogens is 335 g/mol. The van der Waals surface area contributed by atoms with Crippen molar-refractivity contribution < 1.29 is 18.7 Å². The first-order chi connectivity index (χ1) is 12.6. The van der Waals surface area contributed by atoms with Crippen LogP contribution < -0.4 is 5.32 Å². The zero-order chi connectivity index (χ0) is 18.5. The highest BCUT2D eigenvalue weighted by atomic mass is 19.1. The van der Waals surface area contributed by atoms with E-state index in [1.807, 2.05) is 30.5 Å². The summed E-state index contributed by atoms with van der Waals surface area (Å²) < 4.78 is 18.5. The fraction of sp³-hybridized carbons (Fsp3) is 0.200. The second kappa shape index (κ2) is 7.82. The molecule has 0 saturated heterocycles. The highest BCUT2D eigenvalue weighted by Crippen LogP contribution is 2.19. The first-order valence-electron chi connectivity index (χ1n) is 8.24. The zero-order valence-corrected chi connectivity index (χ0v) is 14.3. The van der Waals surface area contributed by atoms with Crippen LogP contribution in [-0.4, -0.2) is 30.0 Å². The van der Waals surface area contributed by atoms with Gasteiger partial charge in [-0.1, -0.05) is 36.4 Å². The number of aromatic amines is 1. The number of fused-ring (bicyclic) bond motifs is 1. The molecule has 0 aliphatic carbocycles.